The third kappa shape index (κ3) is 3.15. The number of benzene rings is 2. The van der Waals surface area contributed by atoms with Gasteiger partial charge < -0.3 is 10.5 Å². The molecular weight excluding hydrogens is 284 g/mol. The van der Waals surface area contributed by atoms with Gasteiger partial charge in [-0.15, -0.1) is 0 Å². The zero-order valence-electron chi connectivity index (χ0n) is 11.4. The number of ether oxygens (including phenoxy) is 1. The second kappa shape index (κ2) is 6.12. The van der Waals surface area contributed by atoms with Crippen LogP contribution in [0.4, 0.5) is 0 Å². The molecule has 3 rings (SSSR count). The van der Waals surface area contributed by atoms with Gasteiger partial charge in [0.15, 0.2) is 0 Å². The van der Waals surface area contributed by atoms with E-state index in [2.05, 4.69) is 4.98 Å². The van der Waals surface area contributed by atoms with Crippen molar-refractivity contribution in [1.29, 1.82) is 0 Å². The van der Waals surface area contributed by atoms with Crippen molar-refractivity contribution in [3.05, 3.63) is 65.3 Å². The van der Waals surface area contributed by atoms with E-state index < -0.39 is 0 Å². The lowest BCUT2D eigenvalue weighted by atomic mass is 10.1. The highest BCUT2D eigenvalue weighted by Crippen LogP contribution is 2.30. The minimum Gasteiger partial charge on any atom is -0.457 e. The van der Waals surface area contributed by atoms with E-state index in [4.69, 9.17) is 22.1 Å². The number of hydrogen-bond donors (Lipinski definition) is 1. The molecule has 0 aliphatic rings. The maximum Gasteiger partial charge on any atom is 0.138 e. The fraction of sp³-hybridized carbons (Fsp3) is 0.118. The summed E-state index contributed by atoms with van der Waals surface area (Å²) in [5.74, 6) is 1.56. The molecule has 1 aromatic heterocycles. The Bertz CT molecular complexity index is 756. The zero-order valence-corrected chi connectivity index (χ0v) is 12.2. The van der Waals surface area contributed by atoms with E-state index in [0.717, 1.165) is 28.8 Å². The predicted octanol–water partition coefficient (Wildman–Crippen LogP) is 4.18. The van der Waals surface area contributed by atoms with Gasteiger partial charge in [-0.25, -0.2) is 0 Å². The summed E-state index contributed by atoms with van der Waals surface area (Å²) in [5, 5.41) is 1.60. The van der Waals surface area contributed by atoms with Gasteiger partial charge in [0.2, 0.25) is 0 Å². The molecule has 3 aromatic rings. The lowest BCUT2D eigenvalue weighted by molar-refractivity contribution is 0.487. The van der Waals surface area contributed by atoms with Crippen LogP contribution in [0.3, 0.4) is 0 Å². The van der Waals surface area contributed by atoms with E-state index in [1.807, 2.05) is 48.5 Å². The van der Waals surface area contributed by atoms with Crippen LogP contribution in [0.15, 0.2) is 54.7 Å². The third-order valence-corrected chi connectivity index (χ3v) is 3.48. The fourth-order valence-electron chi connectivity index (χ4n) is 2.20. The molecule has 3 nitrogen and oxygen atoms in total. The topological polar surface area (TPSA) is 48.1 Å². The van der Waals surface area contributed by atoms with Crippen LogP contribution in [0.2, 0.25) is 5.02 Å². The van der Waals surface area contributed by atoms with Crippen molar-refractivity contribution in [2.45, 2.75) is 6.42 Å². The van der Waals surface area contributed by atoms with E-state index in [9.17, 15) is 0 Å². The SMILES string of the molecule is NCCc1ccc(Oc2ccnc3cc(Cl)ccc23)cc1. The zero-order chi connectivity index (χ0) is 14.7. The van der Waals surface area contributed by atoms with Crippen LogP contribution in [-0.4, -0.2) is 11.5 Å². The van der Waals surface area contributed by atoms with E-state index in [0.29, 0.717) is 11.6 Å². The number of pyridine rings is 1. The second-order valence-electron chi connectivity index (χ2n) is 4.76. The maximum absolute atomic E-state index is 5.99. The van der Waals surface area contributed by atoms with E-state index in [1.54, 1.807) is 6.20 Å². The Labute approximate surface area is 128 Å². The smallest absolute Gasteiger partial charge is 0.138 e. The molecule has 0 radical (unpaired) electrons. The minimum atomic E-state index is 0.649. The van der Waals surface area contributed by atoms with Gasteiger partial charge in [-0.2, -0.15) is 0 Å². The van der Waals surface area contributed by atoms with Crippen molar-refractivity contribution in [3.8, 4) is 11.5 Å². The second-order valence-corrected chi connectivity index (χ2v) is 5.19. The quantitative estimate of drug-likeness (QED) is 0.786. The Morgan fingerprint density at radius 1 is 1.05 bits per heavy atom. The molecule has 0 saturated heterocycles. The molecule has 0 fully saturated rings. The summed E-state index contributed by atoms with van der Waals surface area (Å²) in [6.45, 7) is 0.649. The van der Waals surface area contributed by atoms with E-state index in [1.165, 1.54) is 5.56 Å². The Kier molecular flexibility index (Phi) is 4.04. The highest BCUT2D eigenvalue weighted by atomic mass is 35.5. The van der Waals surface area contributed by atoms with Crippen molar-refractivity contribution < 1.29 is 4.74 Å². The summed E-state index contributed by atoms with van der Waals surface area (Å²) in [4.78, 5) is 4.30. The van der Waals surface area contributed by atoms with Crippen LogP contribution in [-0.2, 0) is 6.42 Å². The molecule has 2 aromatic carbocycles. The number of hydrogen-bond acceptors (Lipinski definition) is 3. The van der Waals surface area contributed by atoms with Crippen molar-refractivity contribution in [1.82, 2.24) is 4.98 Å². The van der Waals surface area contributed by atoms with Gasteiger partial charge in [-0.05, 0) is 54.9 Å². The molecule has 21 heavy (non-hydrogen) atoms. The van der Waals surface area contributed by atoms with Crippen molar-refractivity contribution in [3.63, 3.8) is 0 Å². The molecule has 0 bridgehead atoms. The lowest BCUT2D eigenvalue weighted by Gasteiger charge is -2.09. The van der Waals surface area contributed by atoms with Gasteiger partial charge in [0, 0.05) is 16.6 Å². The normalized spacial score (nSPS) is 10.8. The van der Waals surface area contributed by atoms with Crippen LogP contribution in [0, 0.1) is 0 Å². The third-order valence-electron chi connectivity index (χ3n) is 3.25. The first-order valence-electron chi connectivity index (χ1n) is 6.77. The molecule has 0 amide bonds. The number of rotatable bonds is 4. The Morgan fingerprint density at radius 2 is 1.86 bits per heavy atom. The van der Waals surface area contributed by atoms with E-state index in [-0.39, 0.29) is 0 Å². The van der Waals surface area contributed by atoms with Crippen molar-refractivity contribution in [2.75, 3.05) is 6.54 Å². The van der Waals surface area contributed by atoms with Crippen LogP contribution >= 0.6 is 11.6 Å². The Morgan fingerprint density at radius 3 is 2.62 bits per heavy atom. The number of nitrogens with two attached hydrogens (primary N) is 1. The first-order valence-corrected chi connectivity index (χ1v) is 7.15. The molecule has 0 atom stereocenters. The van der Waals surface area contributed by atoms with Crippen LogP contribution in [0.25, 0.3) is 10.9 Å². The molecule has 0 saturated carbocycles. The average Bonchev–Trinajstić information content (AvgIpc) is 2.49. The fourth-order valence-corrected chi connectivity index (χ4v) is 2.37. The summed E-state index contributed by atoms with van der Waals surface area (Å²) in [6, 6.07) is 15.4. The lowest BCUT2D eigenvalue weighted by Crippen LogP contribution is -2.02. The largest absolute Gasteiger partial charge is 0.457 e. The Balaban J connectivity index is 1.90. The van der Waals surface area contributed by atoms with Gasteiger partial charge in [0.1, 0.15) is 11.5 Å². The number of halogens is 1. The summed E-state index contributed by atoms with van der Waals surface area (Å²) in [7, 11) is 0. The molecular formula is C17H15ClN2O. The van der Waals surface area contributed by atoms with Gasteiger partial charge >= 0.3 is 0 Å². The molecule has 0 spiro atoms. The predicted molar refractivity (Wildman–Crippen MR) is 86.0 cm³/mol. The van der Waals surface area contributed by atoms with Crippen LogP contribution in [0.5, 0.6) is 11.5 Å². The van der Waals surface area contributed by atoms with Crippen molar-refractivity contribution in [2.24, 2.45) is 5.73 Å². The van der Waals surface area contributed by atoms with Gasteiger partial charge in [-0.1, -0.05) is 23.7 Å². The summed E-state index contributed by atoms with van der Waals surface area (Å²) in [5.41, 5.74) is 7.57. The first kappa shape index (κ1) is 13.9. The van der Waals surface area contributed by atoms with Crippen LogP contribution in [0.1, 0.15) is 5.56 Å². The monoisotopic (exact) mass is 298 g/mol. The van der Waals surface area contributed by atoms with Crippen LogP contribution < -0.4 is 10.5 Å². The first-order chi connectivity index (χ1) is 10.3. The van der Waals surface area contributed by atoms with Gasteiger partial charge in [0.25, 0.3) is 0 Å². The van der Waals surface area contributed by atoms with Gasteiger partial charge in [-0.3, -0.25) is 4.98 Å². The standard InChI is InChI=1S/C17H15ClN2O/c18-13-3-6-15-16(11-13)20-10-8-17(15)21-14-4-1-12(2-5-14)7-9-19/h1-6,8,10-11H,7,9,19H2. The minimum absolute atomic E-state index is 0.649. The number of nitrogens with zero attached hydrogens (tertiary/aromatic N) is 1. The molecule has 2 N–H and O–H groups in total. The molecule has 106 valence electrons. The summed E-state index contributed by atoms with van der Waals surface area (Å²) < 4.78 is 5.95. The molecule has 0 unspecified atom stereocenters. The highest BCUT2D eigenvalue weighted by Gasteiger charge is 2.05. The summed E-state index contributed by atoms with van der Waals surface area (Å²) in [6.07, 6.45) is 2.59. The van der Waals surface area contributed by atoms with Gasteiger partial charge in [0.05, 0.1) is 5.52 Å². The van der Waals surface area contributed by atoms with Crippen molar-refractivity contribution >= 4 is 22.5 Å². The Hall–Kier alpha value is -2.10. The number of aromatic nitrogens is 1. The number of fused-ring (bicyclic) bond motifs is 1. The molecule has 1 heterocycles. The highest BCUT2D eigenvalue weighted by molar-refractivity contribution is 6.31. The average molecular weight is 299 g/mol. The molecule has 0 aliphatic heterocycles. The van der Waals surface area contributed by atoms with E-state index >= 15 is 0 Å². The molecule has 4 heteroatoms. The summed E-state index contributed by atoms with van der Waals surface area (Å²) >= 11 is 5.99. The maximum atomic E-state index is 5.99. The molecule has 0 aliphatic carbocycles.